The number of aromatic nitrogens is 2. The molecule has 22 heavy (non-hydrogen) atoms. The van der Waals surface area contributed by atoms with Gasteiger partial charge in [-0.2, -0.15) is 5.10 Å². The van der Waals surface area contributed by atoms with Gasteiger partial charge in [0.05, 0.1) is 5.69 Å². The summed E-state index contributed by atoms with van der Waals surface area (Å²) in [5, 5.41) is 7.28. The van der Waals surface area contributed by atoms with Gasteiger partial charge >= 0.3 is 0 Å². The Morgan fingerprint density at radius 3 is 2.64 bits per heavy atom. The maximum absolute atomic E-state index is 12.8. The highest BCUT2D eigenvalue weighted by Gasteiger charge is 2.13. The number of nitrogens with zero attached hydrogens (tertiary/aromatic N) is 2. The van der Waals surface area contributed by atoms with Crippen LogP contribution in [-0.4, -0.2) is 15.7 Å². The number of carbonyl (C=O) groups excluding carboxylic acids is 1. The van der Waals surface area contributed by atoms with Crippen molar-refractivity contribution in [1.82, 2.24) is 9.78 Å². The molecule has 1 aromatic heterocycles. The molecule has 0 saturated heterocycles. The first-order valence-electron chi connectivity index (χ1n) is 7.58. The van der Waals surface area contributed by atoms with Crippen molar-refractivity contribution in [2.24, 2.45) is 7.05 Å². The third-order valence-electron chi connectivity index (χ3n) is 3.74. The lowest BCUT2D eigenvalue weighted by Crippen LogP contribution is -2.15. The molecule has 1 N–H and O–H groups in total. The summed E-state index contributed by atoms with van der Waals surface area (Å²) in [6.07, 6.45) is 2.77. The summed E-state index contributed by atoms with van der Waals surface area (Å²) in [4.78, 5) is 12.1. The number of nitrogens with one attached hydrogen (secondary N) is 1. The Labute approximate surface area is 130 Å². The van der Waals surface area contributed by atoms with Crippen LogP contribution in [0, 0.1) is 12.7 Å². The Morgan fingerprint density at radius 2 is 2.00 bits per heavy atom. The molecule has 2 aromatic rings. The normalized spacial score (nSPS) is 10.7. The molecule has 1 amide bonds. The lowest BCUT2D eigenvalue weighted by molar-refractivity contribution is -0.116. The van der Waals surface area contributed by atoms with Crippen molar-refractivity contribution in [2.75, 3.05) is 5.32 Å². The molecule has 0 radical (unpaired) electrons. The van der Waals surface area contributed by atoms with Crippen molar-refractivity contribution in [3.8, 4) is 0 Å². The van der Waals surface area contributed by atoms with Crippen LogP contribution in [0.4, 0.5) is 10.2 Å². The number of anilines is 1. The van der Waals surface area contributed by atoms with E-state index in [0.717, 1.165) is 41.9 Å². The summed E-state index contributed by atoms with van der Waals surface area (Å²) in [7, 11) is 1.83. The van der Waals surface area contributed by atoms with Crippen molar-refractivity contribution >= 4 is 11.7 Å². The fourth-order valence-electron chi connectivity index (χ4n) is 2.58. The zero-order chi connectivity index (χ0) is 16.1. The van der Waals surface area contributed by atoms with E-state index in [1.54, 1.807) is 16.8 Å². The molecule has 0 atom stereocenters. The lowest BCUT2D eigenvalue weighted by atomic mass is 10.1. The Bertz CT molecular complexity index is 647. The van der Waals surface area contributed by atoms with Crippen LogP contribution in [0.25, 0.3) is 0 Å². The van der Waals surface area contributed by atoms with E-state index in [-0.39, 0.29) is 11.7 Å². The summed E-state index contributed by atoms with van der Waals surface area (Å²) in [6, 6.07) is 6.41. The summed E-state index contributed by atoms with van der Waals surface area (Å²) in [5.74, 6) is 0.534. The second kappa shape index (κ2) is 7.20. The number of benzene rings is 1. The van der Waals surface area contributed by atoms with E-state index in [1.165, 1.54) is 12.1 Å². The van der Waals surface area contributed by atoms with E-state index in [1.807, 2.05) is 20.9 Å². The highest BCUT2D eigenvalue weighted by Crippen LogP contribution is 2.19. The summed E-state index contributed by atoms with van der Waals surface area (Å²) in [5.41, 5.74) is 3.07. The smallest absolute Gasteiger partial charge is 0.225 e. The molecule has 0 fully saturated rings. The topological polar surface area (TPSA) is 46.9 Å². The maximum Gasteiger partial charge on any atom is 0.225 e. The van der Waals surface area contributed by atoms with E-state index in [2.05, 4.69) is 10.4 Å². The molecule has 0 bridgehead atoms. The van der Waals surface area contributed by atoms with Crippen molar-refractivity contribution in [3.05, 3.63) is 46.9 Å². The second-order valence-corrected chi connectivity index (χ2v) is 5.42. The molecule has 0 aliphatic heterocycles. The quantitative estimate of drug-likeness (QED) is 0.889. The molecule has 2 rings (SSSR count). The van der Waals surface area contributed by atoms with Gasteiger partial charge in [-0.1, -0.05) is 19.1 Å². The number of carbonyl (C=O) groups is 1. The first-order valence-corrected chi connectivity index (χ1v) is 7.58. The Balaban J connectivity index is 1.87. The van der Waals surface area contributed by atoms with Crippen LogP contribution in [0.1, 0.15) is 36.6 Å². The third kappa shape index (κ3) is 3.93. The standard InChI is InChI=1S/C17H22FN3O/c1-4-15-12(2)20-21(3)17(15)19-16(22)7-5-6-13-8-10-14(18)11-9-13/h8-11H,4-7H2,1-3H3,(H,19,22). The van der Waals surface area contributed by atoms with Crippen LogP contribution in [0.3, 0.4) is 0 Å². The predicted octanol–water partition coefficient (Wildman–Crippen LogP) is 3.39. The van der Waals surface area contributed by atoms with Crippen LogP contribution >= 0.6 is 0 Å². The van der Waals surface area contributed by atoms with Gasteiger partial charge in [-0.25, -0.2) is 4.39 Å². The number of amides is 1. The minimum Gasteiger partial charge on any atom is -0.311 e. The molecule has 1 heterocycles. The first kappa shape index (κ1) is 16.2. The number of hydrogen-bond acceptors (Lipinski definition) is 2. The van der Waals surface area contributed by atoms with Crippen LogP contribution in [0.15, 0.2) is 24.3 Å². The molecule has 5 heteroatoms. The largest absolute Gasteiger partial charge is 0.311 e. The average Bonchev–Trinajstić information content (AvgIpc) is 2.75. The Morgan fingerprint density at radius 1 is 1.32 bits per heavy atom. The lowest BCUT2D eigenvalue weighted by Gasteiger charge is -2.08. The molecule has 0 spiro atoms. The van der Waals surface area contributed by atoms with Gasteiger partial charge in [-0.3, -0.25) is 9.48 Å². The van der Waals surface area contributed by atoms with E-state index in [4.69, 9.17) is 0 Å². The monoisotopic (exact) mass is 303 g/mol. The number of aryl methyl sites for hydroxylation is 3. The van der Waals surface area contributed by atoms with Gasteiger partial charge in [0.2, 0.25) is 5.91 Å². The first-order chi connectivity index (χ1) is 10.5. The Kier molecular flexibility index (Phi) is 5.31. The van der Waals surface area contributed by atoms with Crippen LogP contribution in [0.5, 0.6) is 0 Å². The fraction of sp³-hybridized carbons (Fsp3) is 0.412. The SMILES string of the molecule is CCc1c(C)nn(C)c1NC(=O)CCCc1ccc(F)cc1. The molecular formula is C17H22FN3O. The van der Waals surface area contributed by atoms with Gasteiger partial charge in [0, 0.05) is 19.0 Å². The van der Waals surface area contributed by atoms with Gasteiger partial charge in [0.25, 0.3) is 0 Å². The highest BCUT2D eigenvalue weighted by molar-refractivity contribution is 5.90. The number of hydrogen-bond donors (Lipinski definition) is 1. The molecular weight excluding hydrogens is 281 g/mol. The van der Waals surface area contributed by atoms with Crippen LogP contribution < -0.4 is 5.32 Å². The van der Waals surface area contributed by atoms with E-state index < -0.39 is 0 Å². The highest BCUT2D eigenvalue weighted by atomic mass is 19.1. The number of halogens is 1. The molecule has 0 aliphatic carbocycles. The summed E-state index contributed by atoms with van der Waals surface area (Å²) >= 11 is 0. The fourth-order valence-corrected chi connectivity index (χ4v) is 2.58. The minimum absolute atomic E-state index is 0.0141. The van der Waals surface area contributed by atoms with Crippen molar-refractivity contribution in [3.63, 3.8) is 0 Å². The second-order valence-electron chi connectivity index (χ2n) is 5.42. The number of rotatable bonds is 6. The van der Waals surface area contributed by atoms with Crippen LogP contribution in [-0.2, 0) is 24.7 Å². The zero-order valence-electron chi connectivity index (χ0n) is 13.3. The molecule has 118 valence electrons. The molecule has 0 aliphatic rings. The van der Waals surface area contributed by atoms with Gasteiger partial charge in [-0.15, -0.1) is 0 Å². The third-order valence-corrected chi connectivity index (χ3v) is 3.74. The average molecular weight is 303 g/mol. The zero-order valence-corrected chi connectivity index (χ0v) is 13.3. The minimum atomic E-state index is -0.236. The molecule has 0 saturated carbocycles. The predicted molar refractivity (Wildman–Crippen MR) is 85.3 cm³/mol. The van der Waals surface area contributed by atoms with Gasteiger partial charge in [0.1, 0.15) is 11.6 Å². The molecule has 4 nitrogen and oxygen atoms in total. The summed E-state index contributed by atoms with van der Waals surface area (Å²) < 4.78 is 14.5. The van der Waals surface area contributed by atoms with Gasteiger partial charge in [-0.05, 0) is 43.9 Å². The Hall–Kier alpha value is -2.17. The van der Waals surface area contributed by atoms with E-state index >= 15 is 0 Å². The van der Waals surface area contributed by atoms with Crippen molar-refractivity contribution in [1.29, 1.82) is 0 Å². The summed E-state index contributed by atoms with van der Waals surface area (Å²) in [6.45, 7) is 4.00. The molecule has 1 aromatic carbocycles. The van der Waals surface area contributed by atoms with Crippen LogP contribution in [0.2, 0.25) is 0 Å². The maximum atomic E-state index is 12.8. The van der Waals surface area contributed by atoms with Gasteiger partial charge < -0.3 is 5.32 Å². The van der Waals surface area contributed by atoms with E-state index in [0.29, 0.717) is 6.42 Å². The molecule has 0 unspecified atom stereocenters. The van der Waals surface area contributed by atoms with E-state index in [9.17, 15) is 9.18 Å². The van der Waals surface area contributed by atoms with Crippen molar-refractivity contribution < 1.29 is 9.18 Å². The van der Waals surface area contributed by atoms with Gasteiger partial charge in [0.15, 0.2) is 0 Å². The van der Waals surface area contributed by atoms with Crippen molar-refractivity contribution in [2.45, 2.75) is 39.5 Å².